The largest absolute Gasteiger partial charge is 0.380 e. The van der Waals surface area contributed by atoms with Crippen LogP contribution in [0.2, 0.25) is 0 Å². The predicted molar refractivity (Wildman–Crippen MR) is 57.8 cm³/mol. The zero-order valence-electron chi connectivity index (χ0n) is 9.44. The van der Waals surface area contributed by atoms with Crippen molar-refractivity contribution in [3.05, 3.63) is 0 Å². The van der Waals surface area contributed by atoms with Gasteiger partial charge in [-0.3, -0.25) is 0 Å². The molecule has 0 aliphatic heterocycles. The molecule has 2 heteroatoms. The van der Waals surface area contributed by atoms with E-state index < -0.39 is 0 Å². The van der Waals surface area contributed by atoms with Gasteiger partial charge < -0.3 is 10.5 Å². The summed E-state index contributed by atoms with van der Waals surface area (Å²) in [6, 6.07) is 0. The van der Waals surface area contributed by atoms with Crippen molar-refractivity contribution in [2.45, 2.75) is 58.4 Å². The lowest BCUT2D eigenvalue weighted by Gasteiger charge is -2.17. The van der Waals surface area contributed by atoms with Gasteiger partial charge in [-0.2, -0.15) is 0 Å². The highest BCUT2D eigenvalue weighted by molar-refractivity contribution is 4.69. The topological polar surface area (TPSA) is 35.2 Å². The number of rotatable bonds is 8. The lowest BCUT2D eigenvalue weighted by molar-refractivity contribution is 0.0940. The summed E-state index contributed by atoms with van der Waals surface area (Å²) in [6.07, 6.45) is 6.46. The summed E-state index contributed by atoms with van der Waals surface area (Å²) >= 11 is 0. The Balaban J connectivity index is 3.00. The Labute approximate surface area is 82.8 Å². The lowest BCUT2D eigenvalue weighted by Crippen LogP contribution is -2.37. The molecule has 0 heterocycles. The standard InChI is InChI=1S/C11H25NO/c1-4-5-6-7-8-9-13-10-11(2,3)12/h4-10,12H2,1-3H3. The Morgan fingerprint density at radius 2 is 1.69 bits per heavy atom. The molecular formula is C11H25NO. The van der Waals surface area contributed by atoms with Crippen molar-refractivity contribution >= 4 is 0 Å². The zero-order chi connectivity index (χ0) is 10.2. The molecule has 0 bridgehead atoms. The van der Waals surface area contributed by atoms with E-state index in [1.807, 2.05) is 13.8 Å². The monoisotopic (exact) mass is 187 g/mol. The molecule has 0 radical (unpaired) electrons. The Bertz CT molecular complexity index is 107. The smallest absolute Gasteiger partial charge is 0.0640 e. The quantitative estimate of drug-likeness (QED) is 0.593. The second kappa shape index (κ2) is 7.34. The highest BCUT2D eigenvalue weighted by Crippen LogP contribution is 2.03. The van der Waals surface area contributed by atoms with E-state index in [2.05, 4.69) is 6.92 Å². The summed E-state index contributed by atoms with van der Waals surface area (Å²) in [6.45, 7) is 7.74. The molecule has 0 atom stereocenters. The van der Waals surface area contributed by atoms with E-state index in [1.54, 1.807) is 0 Å². The third-order valence-electron chi connectivity index (χ3n) is 1.87. The van der Waals surface area contributed by atoms with E-state index in [4.69, 9.17) is 10.5 Å². The summed E-state index contributed by atoms with van der Waals surface area (Å²) in [5, 5.41) is 0. The Hall–Kier alpha value is -0.0800. The highest BCUT2D eigenvalue weighted by Gasteiger charge is 2.09. The van der Waals surface area contributed by atoms with Gasteiger partial charge in [-0.1, -0.05) is 32.6 Å². The van der Waals surface area contributed by atoms with Crippen LogP contribution in [0.3, 0.4) is 0 Å². The third kappa shape index (κ3) is 11.9. The van der Waals surface area contributed by atoms with Gasteiger partial charge in [0.1, 0.15) is 0 Å². The van der Waals surface area contributed by atoms with Crippen molar-refractivity contribution in [2.75, 3.05) is 13.2 Å². The molecule has 80 valence electrons. The Kier molecular flexibility index (Phi) is 7.29. The molecule has 0 aliphatic carbocycles. The third-order valence-corrected chi connectivity index (χ3v) is 1.87. The van der Waals surface area contributed by atoms with Crippen molar-refractivity contribution < 1.29 is 4.74 Å². The van der Waals surface area contributed by atoms with Gasteiger partial charge in [-0.15, -0.1) is 0 Å². The summed E-state index contributed by atoms with van der Waals surface area (Å²) in [7, 11) is 0. The molecule has 0 amide bonds. The minimum absolute atomic E-state index is 0.177. The zero-order valence-corrected chi connectivity index (χ0v) is 9.44. The van der Waals surface area contributed by atoms with E-state index in [-0.39, 0.29) is 5.54 Å². The van der Waals surface area contributed by atoms with Crippen LogP contribution in [0.4, 0.5) is 0 Å². The molecule has 0 aromatic rings. The first-order valence-electron chi connectivity index (χ1n) is 5.43. The summed E-state index contributed by atoms with van der Waals surface area (Å²) in [5.41, 5.74) is 5.60. The second-order valence-corrected chi connectivity index (χ2v) is 4.46. The normalized spacial score (nSPS) is 12.0. The van der Waals surface area contributed by atoms with E-state index in [0.29, 0.717) is 6.61 Å². The fourth-order valence-electron chi connectivity index (χ4n) is 1.14. The molecule has 0 saturated carbocycles. The predicted octanol–water partition coefficient (Wildman–Crippen LogP) is 2.71. The first kappa shape index (κ1) is 12.9. The maximum Gasteiger partial charge on any atom is 0.0640 e. The number of hydrogen-bond donors (Lipinski definition) is 1. The van der Waals surface area contributed by atoms with Crippen molar-refractivity contribution in [3.63, 3.8) is 0 Å². The van der Waals surface area contributed by atoms with Crippen molar-refractivity contribution in [1.82, 2.24) is 0 Å². The van der Waals surface area contributed by atoms with Crippen LogP contribution in [-0.4, -0.2) is 18.8 Å². The minimum atomic E-state index is -0.177. The first-order valence-corrected chi connectivity index (χ1v) is 5.43. The van der Waals surface area contributed by atoms with E-state index >= 15 is 0 Å². The molecule has 13 heavy (non-hydrogen) atoms. The van der Waals surface area contributed by atoms with Crippen LogP contribution in [0, 0.1) is 0 Å². The summed E-state index contributed by atoms with van der Waals surface area (Å²) in [5.74, 6) is 0. The molecule has 0 spiro atoms. The van der Waals surface area contributed by atoms with Gasteiger partial charge in [0, 0.05) is 12.1 Å². The second-order valence-electron chi connectivity index (χ2n) is 4.46. The van der Waals surface area contributed by atoms with Gasteiger partial charge >= 0.3 is 0 Å². The molecule has 0 saturated heterocycles. The number of hydrogen-bond acceptors (Lipinski definition) is 2. The van der Waals surface area contributed by atoms with E-state index in [1.165, 1.54) is 32.1 Å². The van der Waals surface area contributed by atoms with Crippen LogP contribution in [-0.2, 0) is 4.74 Å². The fourth-order valence-corrected chi connectivity index (χ4v) is 1.14. The van der Waals surface area contributed by atoms with Crippen LogP contribution >= 0.6 is 0 Å². The highest BCUT2D eigenvalue weighted by atomic mass is 16.5. The summed E-state index contributed by atoms with van der Waals surface area (Å²) < 4.78 is 5.45. The van der Waals surface area contributed by atoms with Crippen LogP contribution in [0.5, 0.6) is 0 Å². The molecule has 0 aromatic heterocycles. The van der Waals surface area contributed by atoms with Gasteiger partial charge in [0.15, 0.2) is 0 Å². The van der Waals surface area contributed by atoms with Gasteiger partial charge in [-0.05, 0) is 20.3 Å². The Morgan fingerprint density at radius 3 is 2.23 bits per heavy atom. The van der Waals surface area contributed by atoms with Gasteiger partial charge in [0.25, 0.3) is 0 Å². The Morgan fingerprint density at radius 1 is 1.08 bits per heavy atom. The van der Waals surface area contributed by atoms with E-state index in [9.17, 15) is 0 Å². The van der Waals surface area contributed by atoms with Crippen LogP contribution < -0.4 is 5.73 Å². The average molecular weight is 187 g/mol. The average Bonchev–Trinajstić information content (AvgIpc) is 2.01. The van der Waals surface area contributed by atoms with Crippen LogP contribution in [0.15, 0.2) is 0 Å². The maximum absolute atomic E-state index is 5.77. The van der Waals surface area contributed by atoms with Gasteiger partial charge in [0.2, 0.25) is 0 Å². The molecule has 2 nitrogen and oxygen atoms in total. The van der Waals surface area contributed by atoms with E-state index in [0.717, 1.165) is 6.61 Å². The fraction of sp³-hybridized carbons (Fsp3) is 1.00. The van der Waals surface area contributed by atoms with Crippen molar-refractivity contribution in [3.8, 4) is 0 Å². The van der Waals surface area contributed by atoms with Gasteiger partial charge in [0.05, 0.1) is 6.61 Å². The van der Waals surface area contributed by atoms with Crippen LogP contribution in [0.25, 0.3) is 0 Å². The van der Waals surface area contributed by atoms with Crippen molar-refractivity contribution in [2.24, 2.45) is 5.73 Å². The summed E-state index contributed by atoms with van der Waals surface area (Å²) in [4.78, 5) is 0. The molecule has 0 aromatic carbocycles. The molecule has 2 N–H and O–H groups in total. The van der Waals surface area contributed by atoms with Crippen LogP contribution in [0.1, 0.15) is 52.9 Å². The molecular weight excluding hydrogens is 162 g/mol. The molecule has 0 aliphatic rings. The first-order chi connectivity index (χ1) is 6.06. The molecule has 0 rings (SSSR count). The number of nitrogens with two attached hydrogens (primary N) is 1. The maximum atomic E-state index is 5.77. The number of unbranched alkanes of at least 4 members (excludes halogenated alkanes) is 4. The lowest BCUT2D eigenvalue weighted by atomic mass is 10.1. The van der Waals surface area contributed by atoms with Gasteiger partial charge in [-0.25, -0.2) is 0 Å². The number of ether oxygens (including phenoxy) is 1. The molecule has 0 unspecified atom stereocenters. The SMILES string of the molecule is CCCCCCCOCC(C)(C)N. The molecule has 0 fully saturated rings. The minimum Gasteiger partial charge on any atom is -0.380 e. The van der Waals surface area contributed by atoms with Crippen molar-refractivity contribution in [1.29, 1.82) is 0 Å².